The summed E-state index contributed by atoms with van der Waals surface area (Å²) in [7, 11) is -3.26. The van der Waals surface area contributed by atoms with Crippen molar-refractivity contribution in [2.45, 2.75) is 4.90 Å². The monoisotopic (exact) mass is 256 g/mol. The Balaban J connectivity index is 2.62. The summed E-state index contributed by atoms with van der Waals surface area (Å²) in [6.45, 7) is 4.67. The summed E-state index contributed by atoms with van der Waals surface area (Å²) in [6.07, 6.45) is 2.80. The van der Waals surface area contributed by atoms with Crippen LogP contribution >= 0.6 is 0 Å². The van der Waals surface area contributed by atoms with Gasteiger partial charge in [0.05, 0.1) is 13.2 Å². The summed E-state index contributed by atoms with van der Waals surface area (Å²) in [5.41, 5.74) is 0. The normalized spacial score (nSPS) is 11.1. The average Bonchev–Trinajstić information content (AvgIpc) is 2.28. The molecule has 5 heteroatoms. The Morgan fingerprint density at radius 3 is 2.65 bits per heavy atom. The predicted molar refractivity (Wildman–Crippen MR) is 66.1 cm³/mol. The lowest BCUT2D eigenvalue weighted by atomic mass is 10.3. The number of para-hydroxylation sites is 1. The Bertz CT molecular complexity index is 465. The van der Waals surface area contributed by atoms with E-state index < -0.39 is 9.84 Å². The maximum absolute atomic E-state index is 11.5. The van der Waals surface area contributed by atoms with Crippen LogP contribution in [0.2, 0.25) is 0 Å². The number of hydrogen-bond donors (Lipinski definition) is 0. The van der Waals surface area contributed by atoms with Gasteiger partial charge in [-0.15, -0.1) is 6.58 Å². The molecule has 0 amide bonds. The van der Waals surface area contributed by atoms with Gasteiger partial charge in [0.15, 0.2) is 9.84 Å². The lowest BCUT2D eigenvalue weighted by Gasteiger charge is -2.09. The van der Waals surface area contributed by atoms with Crippen LogP contribution in [0.1, 0.15) is 0 Å². The Hall–Kier alpha value is -1.33. The average molecular weight is 256 g/mol. The van der Waals surface area contributed by atoms with Crippen molar-refractivity contribution in [1.29, 1.82) is 0 Å². The van der Waals surface area contributed by atoms with E-state index in [1.165, 1.54) is 6.07 Å². The minimum atomic E-state index is -3.26. The highest BCUT2D eigenvalue weighted by Gasteiger charge is 2.13. The minimum Gasteiger partial charge on any atom is -0.490 e. The molecule has 0 fully saturated rings. The van der Waals surface area contributed by atoms with E-state index >= 15 is 0 Å². The summed E-state index contributed by atoms with van der Waals surface area (Å²) < 4.78 is 33.4. The molecule has 0 aromatic heterocycles. The van der Waals surface area contributed by atoms with Crippen molar-refractivity contribution in [3.63, 3.8) is 0 Å². The van der Waals surface area contributed by atoms with Crippen molar-refractivity contribution < 1.29 is 17.9 Å². The molecule has 0 saturated carbocycles. The van der Waals surface area contributed by atoms with Gasteiger partial charge < -0.3 is 9.47 Å². The molecule has 1 aromatic rings. The number of rotatable bonds is 7. The molecule has 0 aliphatic rings. The summed E-state index contributed by atoms with van der Waals surface area (Å²) in [6, 6.07) is 6.55. The Morgan fingerprint density at radius 2 is 2.00 bits per heavy atom. The lowest BCUT2D eigenvalue weighted by Crippen LogP contribution is -2.09. The van der Waals surface area contributed by atoms with Gasteiger partial charge in [-0.25, -0.2) is 8.42 Å². The molecular weight excluding hydrogens is 240 g/mol. The molecule has 0 atom stereocenters. The third kappa shape index (κ3) is 4.58. The van der Waals surface area contributed by atoms with Gasteiger partial charge in [0.2, 0.25) is 0 Å². The first-order valence-electron chi connectivity index (χ1n) is 5.16. The van der Waals surface area contributed by atoms with Crippen LogP contribution in [0.5, 0.6) is 5.75 Å². The minimum absolute atomic E-state index is 0.198. The standard InChI is InChI=1S/C12H16O4S/c1-3-8-15-9-10-16-11-6-4-5-7-12(11)17(2,13)14/h3-7H,1,8-10H2,2H3. The highest BCUT2D eigenvalue weighted by atomic mass is 32.2. The maximum atomic E-state index is 11.5. The third-order valence-electron chi connectivity index (χ3n) is 1.97. The first-order valence-corrected chi connectivity index (χ1v) is 7.05. The van der Waals surface area contributed by atoms with Crippen LogP contribution in [0.4, 0.5) is 0 Å². The van der Waals surface area contributed by atoms with Crippen molar-refractivity contribution in [2.24, 2.45) is 0 Å². The van der Waals surface area contributed by atoms with Crippen LogP contribution in [0, 0.1) is 0 Å². The van der Waals surface area contributed by atoms with Crippen LogP contribution in [0.25, 0.3) is 0 Å². The van der Waals surface area contributed by atoms with Gasteiger partial charge in [-0.2, -0.15) is 0 Å². The Kier molecular flexibility index (Phi) is 5.18. The Labute approximate surface area is 102 Å². The van der Waals surface area contributed by atoms with Gasteiger partial charge >= 0.3 is 0 Å². The molecule has 0 spiro atoms. The molecular formula is C12H16O4S. The molecule has 0 heterocycles. The molecule has 0 aliphatic heterocycles. The van der Waals surface area contributed by atoms with E-state index in [0.717, 1.165) is 6.26 Å². The van der Waals surface area contributed by atoms with E-state index in [1.54, 1.807) is 24.3 Å². The first kappa shape index (κ1) is 13.7. The van der Waals surface area contributed by atoms with E-state index in [2.05, 4.69) is 6.58 Å². The van der Waals surface area contributed by atoms with Crippen LogP contribution in [-0.2, 0) is 14.6 Å². The molecule has 1 aromatic carbocycles. The lowest BCUT2D eigenvalue weighted by molar-refractivity contribution is 0.120. The molecule has 0 aliphatic carbocycles. The summed E-state index contributed by atoms with van der Waals surface area (Å²) in [5, 5.41) is 0. The SMILES string of the molecule is C=CCOCCOc1ccccc1S(C)(=O)=O. The summed E-state index contributed by atoms with van der Waals surface area (Å²) in [4.78, 5) is 0.198. The maximum Gasteiger partial charge on any atom is 0.179 e. The van der Waals surface area contributed by atoms with Gasteiger partial charge in [0.1, 0.15) is 17.3 Å². The molecule has 4 nitrogen and oxygen atoms in total. The van der Waals surface area contributed by atoms with Gasteiger partial charge in [-0.3, -0.25) is 0 Å². The van der Waals surface area contributed by atoms with Crippen LogP contribution in [-0.4, -0.2) is 34.5 Å². The van der Waals surface area contributed by atoms with Crippen molar-refractivity contribution in [2.75, 3.05) is 26.1 Å². The van der Waals surface area contributed by atoms with Crippen molar-refractivity contribution in [3.8, 4) is 5.75 Å². The van der Waals surface area contributed by atoms with E-state index in [-0.39, 0.29) is 4.90 Å². The van der Waals surface area contributed by atoms with Crippen LogP contribution in [0.15, 0.2) is 41.8 Å². The van der Waals surface area contributed by atoms with Crippen molar-refractivity contribution in [3.05, 3.63) is 36.9 Å². The molecule has 94 valence electrons. The van der Waals surface area contributed by atoms with Crippen molar-refractivity contribution >= 4 is 9.84 Å². The molecule has 0 bridgehead atoms. The molecule has 0 saturated heterocycles. The zero-order valence-corrected chi connectivity index (χ0v) is 10.6. The molecule has 0 radical (unpaired) electrons. The number of benzene rings is 1. The van der Waals surface area contributed by atoms with Gasteiger partial charge in [-0.1, -0.05) is 18.2 Å². The zero-order chi connectivity index (χ0) is 12.7. The second kappa shape index (κ2) is 6.42. The number of hydrogen-bond acceptors (Lipinski definition) is 4. The largest absolute Gasteiger partial charge is 0.490 e. The Morgan fingerprint density at radius 1 is 1.29 bits per heavy atom. The first-order chi connectivity index (χ1) is 8.05. The quantitative estimate of drug-likeness (QED) is 0.550. The summed E-state index contributed by atoms with van der Waals surface area (Å²) >= 11 is 0. The van der Waals surface area contributed by atoms with E-state index in [0.29, 0.717) is 25.6 Å². The van der Waals surface area contributed by atoms with Crippen LogP contribution < -0.4 is 4.74 Å². The molecule has 0 unspecified atom stereocenters. The third-order valence-corrected chi connectivity index (χ3v) is 3.11. The zero-order valence-electron chi connectivity index (χ0n) is 9.76. The molecule has 1 rings (SSSR count). The number of sulfone groups is 1. The fourth-order valence-electron chi connectivity index (χ4n) is 1.25. The predicted octanol–water partition coefficient (Wildman–Crippen LogP) is 1.67. The van der Waals surface area contributed by atoms with Gasteiger partial charge in [0, 0.05) is 6.26 Å². The van der Waals surface area contributed by atoms with Gasteiger partial charge in [0.25, 0.3) is 0 Å². The van der Waals surface area contributed by atoms with E-state index in [9.17, 15) is 8.42 Å². The van der Waals surface area contributed by atoms with Crippen molar-refractivity contribution in [1.82, 2.24) is 0 Å². The second-order valence-corrected chi connectivity index (χ2v) is 5.42. The van der Waals surface area contributed by atoms with E-state index in [4.69, 9.17) is 9.47 Å². The molecule has 0 N–H and O–H groups in total. The number of ether oxygens (including phenoxy) is 2. The summed E-state index contributed by atoms with van der Waals surface area (Å²) in [5.74, 6) is 0.359. The van der Waals surface area contributed by atoms with Crippen LogP contribution in [0.3, 0.4) is 0 Å². The van der Waals surface area contributed by atoms with Gasteiger partial charge in [-0.05, 0) is 12.1 Å². The fourth-order valence-corrected chi connectivity index (χ4v) is 2.07. The highest BCUT2D eigenvalue weighted by molar-refractivity contribution is 7.90. The van der Waals surface area contributed by atoms with E-state index in [1.807, 2.05) is 0 Å². The fraction of sp³-hybridized carbons (Fsp3) is 0.333. The smallest absolute Gasteiger partial charge is 0.179 e. The topological polar surface area (TPSA) is 52.6 Å². The second-order valence-electron chi connectivity index (χ2n) is 3.43. The molecule has 17 heavy (non-hydrogen) atoms. The highest BCUT2D eigenvalue weighted by Crippen LogP contribution is 2.22.